The smallest absolute Gasteiger partial charge is 0.274 e. The van der Waals surface area contributed by atoms with Gasteiger partial charge in [0, 0.05) is 40.9 Å². The van der Waals surface area contributed by atoms with Crippen molar-refractivity contribution in [1.29, 1.82) is 0 Å². The lowest BCUT2D eigenvalue weighted by atomic mass is 9.92. The van der Waals surface area contributed by atoms with Crippen LogP contribution >= 0.6 is 0 Å². The minimum absolute atomic E-state index is 0.110. The average Bonchev–Trinajstić information content (AvgIpc) is 3.45. The molecule has 35 heavy (non-hydrogen) atoms. The van der Waals surface area contributed by atoms with Crippen LogP contribution in [0.3, 0.4) is 0 Å². The number of carbonyl (C=O) groups excluding carboxylic acids is 1. The second-order valence-corrected chi connectivity index (χ2v) is 9.12. The van der Waals surface area contributed by atoms with Crippen LogP contribution in [-0.4, -0.2) is 55.4 Å². The van der Waals surface area contributed by atoms with E-state index >= 15 is 0 Å². The van der Waals surface area contributed by atoms with Crippen LogP contribution in [0.5, 0.6) is 0 Å². The number of likely N-dealkylation sites (tertiary alicyclic amines) is 1. The van der Waals surface area contributed by atoms with Gasteiger partial charge in [0.25, 0.3) is 5.91 Å². The fourth-order valence-electron chi connectivity index (χ4n) is 4.51. The Hall–Kier alpha value is -3.85. The maximum Gasteiger partial charge on any atom is 0.274 e. The Morgan fingerprint density at radius 3 is 2.63 bits per heavy atom. The number of benzene rings is 1. The van der Waals surface area contributed by atoms with E-state index in [1.807, 2.05) is 6.07 Å². The van der Waals surface area contributed by atoms with Gasteiger partial charge >= 0.3 is 0 Å². The Labute approximate surface area is 206 Å². The molecule has 8 nitrogen and oxygen atoms in total. The van der Waals surface area contributed by atoms with E-state index in [2.05, 4.69) is 29.8 Å². The molecule has 1 amide bonds. The van der Waals surface area contributed by atoms with Crippen molar-refractivity contribution in [2.45, 2.75) is 31.2 Å². The third kappa shape index (κ3) is 4.12. The van der Waals surface area contributed by atoms with Crippen molar-refractivity contribution in [1.82, 2.24) is 29.4 Å². The Morgan fingerprint density at radius 1 is 1.11 bits per heavy atom. The number of nitrogens with zero attached hydrogens (tertiary/aromatic N) is 5. The van der Waals surface area contributed by atoms with Crippen LogP contribution in [0, 0.1) is 5.82 Å². The maximum absolute atomic E-state index is 13.5. The molecule has 1 aliphatic heterocycles. The van der Waals surface area contributed by atoms with Crippen molar-refractivity contribution in [3.8, 4) is 22.8 Å². The number of amides is 1. The van der Waals surface area contributed by atoms with Crippen molar-refractivity contribution in [2.24, 2.45) is 0 Å². The summed E-state index contributed by atoms with van der Waals surface area (Å²) in [7, 11) is 0. The fourth-order valence-corrected chi connectivity index (χ4v) is 4.51. The predicted octanol–water partition coefficient (Wildman–Crippen LogP) is 4.48. The van der Waals surface area contributed by atoms with Gasteiger partial charge in [-0.1, -0.05) is 6.07 Å². The summed E-state index contributed by atoms with van der Waals surface area (Å²) in [6, 6.07) is 10.0. The van der Waals surface area contributed by atoms with Gasteiger partial charge in [0.15, 0.2) is 5.82 Å². The van der Waals surface area contributed by atoms with Crippen LogP contribution in [0.2, 0.25) is 0 Å². The number of aromatic amines is 1. The summed E-state index contributed by atoms with van der Waals surface area (Å²) < 4.78 is 38.0. The molecule has 2 fully saturated rings. The lowest BCUT2D eigenvalue weighted by Gasteiger charge is -2.36. The molecule has 9 heteroatoms. The van der Waals surface area contributed by atoms with Gasteiger partial charge in [-0.25, -0.2) is 19.3 Å². The van der Waals surface area contributed by atoms with E-state index in [1.54, 1.807) is 30.7 Å². The lowest BCUT2D eigenvalue weighted by molar-refractivity contribution is 0.102. The Kier molecular flexibility index (Phi) is 4.61. The molecule has 2 N–H and O–H groups in total. The lowest BCUT2D eigenvalue weighted by Crippen LogP contribution is -2.41. The Morgan fingerprint density at radius 2 is 1.94 bits per heavy atom. The molecule has 1 saturated heterocycles. The van der Waals surface area contributed by atoms with Crippen molar-refractivity contribution in [3.05, 3.63) is 72.2 Å². The molecule has 0 bridgehead atoms. The van der Waals surface area contributed by atoms with Gasteiger partial charge in [-0.3, -0.25) is 4.79 Å². The average molecular weight is 475 g/mol. The first-order valence-corrected chi connectivity index (χ1v) is 11.7. The molecule has 178 valence electrons. The molecule has 1 aromatic carbocycles. The number of hydrogen-bond donors (Lipinski definition) is 2. The number of nitrogens with one attached hydrogen (secondary N) is 2. The molecule has 0 atom stereocenters. The highest BCUT2D eigenvalue weighted by Gasteiger charge is 2.27. The highest BCUT2D eigenvalue weighted by atomic mass is 19.1. The van der Waals surface area contributed by atoms with Gasteiger partial charge in [-0.05, 0) is 62.1 Å². The molecule has 0 unspecified atom stereocenters. The standard InChI is InChI=1S/C26H26FN7O/c1-33-13-18(14-33)17-7-10-22(28-11-17)32-26(35)21-12-29-25(31-21)24-23(16-5-8-19(27)9-6-16)30-15-34(24)20-3-2-4-20/h5-12,15,18,20H,2-4,13-14H2,1H3,(H,29,31)(H,28,32,35)/i1D3. The predicted molar refractivity (Wildman–Crippen MR) is 131 cm³/mol. The summed E-state index contributed by atoms with van der Waals surface area (Å²) in [6.07, 6.45) is 8.15. The number of carbonyl (C=O) groups is 1. The van der Waals surface area contributed by atoms with E-state index in [0.29, 0.717) is 36.5 Å². The zero-order valence-corrected chi connectivity index (χ0v) is 18.9. The van der Waals surface area contributed by atoms with E-state index < -0.39 is 6.98 Å². The summed E-state index contributed by atoms with van der Waals surface area (Å²) in [5.41, 5.74) is 3.40. The monoisotopic (exact) mass is 474 g/mol. The molecule has 0 spiro atoms. The number of likely N-dealkylation sites (N-methyl/N-ethyl adjacent to an activating group) is 1. The van der Waals surface area contributed by atoms with Crippen LogP contribution in [0.1, 0.15) is 51.4 Å². The molecule has 0 radical (unpaired) electrons. The summed E-state index contributed by atoms with van der Waals surface area (Å²) in [6.45, 7) is -1.16. The zero-order valence-electron chi connectivity index (χ0n) is 21.9. The maximum atomic E-state index is 13.5. The van der Waals surface area contributed by atoms with Gasteiger partial charge < -0.3 is 19.8 Å². The largest absolute Gasteiger partial charge is 0.333 e. The normalized spacial score (nSPS) is 18.3. The van der Waals surface area contributed by atoms with Crippen molar-refractivity contribution in [3.63, 3.8) is 0 Å². The molecule has 4 heterocycles. The van der Waals surface area contributed by atoms with Gasteiger partial charge in [0.2, 0.25) is 0 Å². The number of hydrogen-bond acceptors (Lipinski definition) is 5. The molecular weight excluding hydrogens is 445 g/mol. The molecule has 6 rings (SSSR count). The zero-order chi connectivity index (χ0) is 26.4. The van der Waals surface area contributed by atoms with Gasteiger partial charge in [-0.2, -0.15) is 0 Å². The van der Waals surface area contributed by atoms with Crippen molar-refractivity contribution >= 4 is 11.7 Å². The van der Waals surface area contributed by atoms with Gasteiger partial charge in [-0.15, -0.1) is 0 Å². The first-order chi connectivity index (χ1) is 18.3. The number of H-pyrrole nitrogens is 1. The third-order valence-corrected chi connectivity index (χ3v) is 6.81. The van der Waals surface area contributed by atoms with Crippen LogP contribution in [0.15, 0.2) is 55.1 Å². The number of imidazole rings is 2. The molecular formula is C26H26FN7O. The number of pyridine rings is 1. The number of anilines is 1. The van der Waals surface area contributed by atoms with E-state index in [1.165, 1.54) is 23.2 Å². The minimum atomic E-state index is -2.07. The van der Waals surface area contributed by atoms with E-state index in [0.717, 1.165) is 36.1 Å². The SMILES string of the molecule is [2H]C([2H])([2H])N1CC(c2ccc(NC(=O)c3cnc(-c4c(-c5ccc(F)cc5)ncn4C4CCC4)[nH]3)nc2)C1. The second-order valence-electron chi connectivity index (χ2n) is 9.12. The quantitative estimate of drug-likeness (QED) is 0.430. The minimum Gasteiger partial charge on any atom is -0.333 e. The first-order valence-electron chi connectivity index (χ1n) is 13.2. The van der Waals surface area contributed by atoms with Crippen LogP contribution in [-0.2, 0) is 0 Å². The Bertz CT molecular complexity index is 1450. The summed E-state index contributed by atoms with van der Waals surface area (Å²) in [5, 5.41) is 2.78. The molecule has 1 saturated carbocycles. The van der Waals surface area contributed by atoms with Crippen LogP contribution < -0.4 is 5.32 Å². The van der Waals surface area contributed by atoms with Crippen LogP contribution in [0.25, 0.3) is 22.8 Å². The fraction of sp³-hybridized carbons (Fsp3) is 0.308. The highest BCUT2D eigenvalue weighted by Crippen LogP contribution is 2.38. The molecule has 1 aliphatic carbocycles. The first kappa shape index (κ1) is 18.5. The van der Waals surface area contributed by atoms with E-state index in [9.17, 15) is 9.18 Å². The Balaban J connectivity index is 1.19. The summed E-state index contributed by atoms with van der Waals surface area (Å²) in [4.78, 5) is 31.0. The number of halogens is 1. The van der Waals surface area contributed by atoms with Crippen molar-refractivity contribution in [2.75, 3.05) is 25.4 Å². The number of rotatable bonds is 6. The van der Waals surface area contributed by atoms with E-state index in [-0.39, 0.29) is 23.3 Å². The van der Waals surface area contributed by atoms with Crippen LogP contribution in [0.4, 0.5) is 10.2 Å². The summed E-state index contributed by atoms with van der Waals surface area (Å²) >= 11 is 0. The number of aromatic nitrogens is 5. The van der Waals surface area contributed by atoms with Crippen molar-refractivity contribution < 1.29 is 13.3 Å². The second kappa shape index (κ2) is 8.74. The summed E-state index contributed by atoms with van der Waals surface area (Å²) in [5.74, 6) is 0.287. The highest BCUT2D eigenvalue weighted by molar-refractivity contribution is 6.02. The third-order valence-electron chi connectivity index (χ3n) is 6.81. The van der Waals surface area contributed by atoms with Gasteiger partial charge in [0.05, 0.1) is 18.2 Å². The van der Waals surface area contributed by atoms with Gasteiger partial charge in [0.1, 0.15) is 23.0 Å². The molecule has 2 aliphatic rings. The van der Waals surface area contributed by atoms with E-state index in [4.69, 9.17) is 4.11 Å². The molecule has 3 aromatic heterocycles. The topological polar surface area (TPSA) is 91.7 Å². The molecule has 4 aromatic rings.